The molecule has 6 heteroatoms. The van der Waals surface area contributed by atoms with Gasteiger partial charge in [0, 0.05) is 45.5 Å². The van der Waals surface area contributed by atoms with Crippen LogP contribution in [0.5, 0.6) is 0 Å². The Labute approximate surface area is 318 Å². The number of hydrogen-bond acceptors (Lipinski definition) is 5. The zero-order valence-electron chi connectivity index (χ0n) is 29.7. The molecule has 0 aliphatic rings. The summed E-state index contributed by atoms with van der Waals surface area (Å²) in [5.74, 6) is 0.608. The minimum absolute atomic E-state index is 0.608. The molecule has 10 rings (SSSR count). The maximum atomic E-state index is 5.10. The summed E-state index contributed by atoms with van der Waals surface area (Å²) in [6.07, 6.45) is 3.64. The van der Waals surface area contributed by atoms with Crippen LogP contribution in [0.25, 0.3) is 95.3 Å². The van der Waals surface area contributed by atoms with Gasteiger partial charge in [-0.2, -0.15) is 0 Å². The number of rotatable bonds is 7. The molecule has 0 fully saturated rings. The first-order valence-corrected chi connectivity index (χ1v) is 18.2. The fraction of sp³-hybridized carbons (Fsp3) is 0. The maximum absolute atomic E-state index is 5.10. The van der Waals surface area contributed by atoms with Gasteiger partial charge in [0.1, 0.15) is 0 Å². The molecule has 258 valence electrons. The van der Waals surface area contributed by atoms with Gasteiger partial charge >= 0.3 is 0 Å². The van der Waals surface area contributed by atoms with E-state index in [1.54, 1.807) is 6.20 Å². The van der Waals surface area contributed by atoms with Gasteiger partial charge in [0.05, 0.1) is 45.2 Å². The molecule has 0 spiro atoms. The monoisotopic (exact) mass is 704 g/mol. The second kappa shape index (κ2) is 13.8. The lowest BCUT2D eigenvalue weighted by molar-refractivity contribution is 1.16. The molecule has 0 atom stereocenters. The number of para-hydroxylation sites is 2. The van der Waals surface area contributed by atoms with E-state index in [0.717, 1.165) is 67.7 Å². The first-order valence-electron chi connectivity index (χ1n) is 18.2. The Kier molecular flexibility index (Phi) is 8.04. The molecule has 55 heavy (non-hydrogen) atoms. The standard InChI is InChI=1S/C49H32N6/c1-3-14-33(15-4-1)43-31-44(34-16-5-2-6-17-34)54-49(53-43)36-25-26-42(51-32-36)46-30-37(29-45(52-46)41-22-11-12-27-50-41)35-18-13-19-38(28-35)55-47-23-9-7-20-39(47)40-21-8-10-24-48(40)55/h1-32H. The number of fused-ring (bicyclic) bond motifs is 3. The minimum Gasteiger partial charge on any atom is -0.309 e. The molecule has 0 radical (unpaired) electrons. The number of benzene rings is 5. The van der Waals surface area contributed by atoms with Crippen LogP contribution in [-0.4, -0.2) is 29.5 Å². The van der Waals surface area contributed by atoms with Crippen molar-refractivity contribution in [2.24, 2.45) is 0 Å². The van der Waals surface area contributed by atoms with Crippen molar-refractivity contribution in [2.45, 2.75) is 0 Å². The summed E-state index contributed by atoms with van der Waals surface area (Å²) in [5, 5.41) is 2.46. The highest BCUT2D eigenvalue weighted by Gasteiger charge is 2.16. The lowest BCUT2D eigenvalue weighted by atomic mass is 10.0. The van der Waals surface area contributed by atoms with Crippen LogP contribution in [0.15, 0.2) is 194 Å². The molecule has 0 saturated heterocycles. The summed E-state index contributed by atoms with van der Waals surface area (Å²) in [5.41, 5.74) is 13.1. The number of aromatic nitrogens is 6. The van der Waals surface area contributed by atoms with Gasteiger partial charge in [-0.15, -0.1) is 0 Å². The summed E-state index contributed by atoms with van der Waals surface area (Å²) < 4.78 is 2.34. The van der Waals surface area contributed by atoms with Gasteiger partial charge < -0.3 is 4.57 Å². The molecule has 0 unspecified atom stereocenters. The van der Waals surface area contributed by atoms with E-state index in [2.05, 4.69) is 119 Å². The van der Waals surface area contributed by atoms with E-state index in [1.165, 1.54) is 21.8 Å². The Balaban J connectivity index is 1.07. The summed E-state index contributed by atoms with van der Waals surface area (Å²) in [7, 11) is 0. The van der Waals surface area contributed by atoms with Gasteiger partial charge in [0.25, 0.3) is 0 Å². The molecule has 5 aromatic heterocycles. The Bertz CT molecular complexity index is 2850. The van der Waals surface area contributed by atoms with Crippen molar-refractivity contribution < 1.29 is 0 Å². The summed E-state index contributed by atoms with van der Waals surface area (Å²) in [6.45, 7) is 0. The van der Waals surface area contributed by atoms with Crippen LogP contribution in [0.4, 0.5) is 0 Å². The first-order chi connectivity index (χ1) is 27.2. The maximum Gasteiger partial charge on any atom is 0.161 e. The third kappa shape index (κ3) is 6.11. The molecule has 0 amide bonds. The highest BCUT2D eigenvalue weighted by Crippen LogP contribution is 2.35. The quantitative estimate of drug-likeness (QED) is 0.165. The van der Waals surface area contributed by atoms with Crippen molar-refractivity contribution in [3.05, 3.63) is 194 Å². The second-order valence-corrected chi connectivity index (χ2v) is 13.4. The van der Waals surface area contributed by atoms with Gasteiger partial charge in [0.15, 0.2) is 5.82 Å². The van der Waals surface area contributed by atoms with Gasteiger partial charge in [-0.1, -0.05) is 115 Å². The van der Waals surface area contributed by atoms with Gasteiger partial charge in [-0.25, -0.2) is 15.0 Å². The third-order valence-electron chi connectivity index (χ3n) is 9.92. The third-order valence-corrected chi connectivity index (χ3v) is 9.92. The van der Waals surface area contributed by atoms with Crippen molar-refractivity contribution >= 4 is 21.8 Å². The Morgan fingerprint density at radius 3 is 1.51 bits per heavy atom. The predicted octanol–water partition coefficient (Wildman–Crippen LogP) is 11.8. The highest BCUT2D eigenvalue weighted by molar-refractivity contribution is 6.09. The van der Waals surface area contributed by atoms with E-state index in [9.17, 15) is 0 Å². The van der Waals surface area contributed by atoms with Crippen molar-refractivity contribution in [3.63, 3.8) is 0 Å². The smallest absolute Gasteiger partial charge is 0.161 e. The number of hydrogen-bond donors (Lipinski definition) is 0. The predicted molar refractivity (Wildman–Crippen MR) is 222 cm³/mol. The van der Waals surface area contributed by atoms with E-state index in [1.807, 2.05) is 79.0 Å². The molecule has 5 aromatic carbocycles. The van der Waals surface area contributed by atoms with Crippen LogP contribution in [0.2, 0.25) is 0 Å². The topological polar surface area (TPSA) is 69.4 Å². The molecular formula is C49H32N6. The fourth-order valence-corrected chi connectivity index (χ4v) is 7.27. The van der Waals surface area contributed by atoms with Crippen LogP contribution in [-0.2, 0) is 0 Å². The summed E-state index contributed by atoms with van der Waals surface area (Å²) in [4.78, 5) is 24.7. The number of pyridine rings is 3. The average molecular weight is 705 g/mol. The van der Waals surface area contributed by atoms with Gasteiger partial charge in [0.2, 0.25) is 0 Å². The Morgan fingerprint density at radius 2 is 0.909 bits per heavy atom. The molecule has 0 aliphatic carbocycles. The van der Waals surface area contributed by atoms with Crippen LogP contribution >= 0.6 is 0 Å². The normalized spacial score (nSPS) is 11.3. The van der Waals surface area contributed by atoms with Crippen molar-refractivity contribution in [2.75, 3.05) is 0 Å². The minimum atomic E-state index is 0.608. The van der Waals surface area contributed by atoms with E-state index in [4.69, 9.17) is 19.9 Å². The van der Waals surface area contributed by atoms with Crippen LogP contribution in [0.3, 0.4) is 0 Å². The molecule has 0 aliphatic heterocycles. The second-order valence-electron chi connectivity index (χ2n) is 13.4. The van der Waals surface area contributed by atoms with Gasteiger partial charge in [-0.05, 0) is 77.9 Å². The largest absolute Gasteiger partial charge is 0.309 e. The highest BCUT2D eigenvalue weighted by atomic mass is 15.0. The molecule has 0 saturated carbocycles. The fourth-order valence-electron chi connectivity index (χ4n) is 7.27. The van der Waals surface area contributed by atoms with Crippen LogP contribution < -0.4 is 0 Å². The average Bonchev–Trinajstić information content (AvgIpc) is 3.61. The first kappa shape index (κ1) is 32.1. The Morgan fingerprint density at radius 1 is 0.327 bits per heavy atom. The van der Waals surface area contributed by atoms with E-state index in [-0.39, 0.29) is 0 Å². The van der Waals surface area contributed by atoms with Crippen molar-refractivity contribution in [1.82, 2.24) is 29.5 Å². The van der Waals surface area contributed by atoms with E-state index in [0.29, 0.717) is 5.82 Å². The summed E-state index contributed by atoms with van der Waals surface area (Å²) in [6, 6.07) is 62.4. The Hall–Kier alpha value is -7.57. The zero-order chi connectivity index (χ0) is 36.6. The van der Waals surface area contributed by atoms with E-state index < -0.39 is 0 Å². The number of nitrogens with zero attached hydrogens (tertiary/aromatic N) is 6. The zero-order valence-corrected chi connectivity index (χ0v) is 29.7. The lowest BCUT2D eigenvalue weighted by Gasteiger charge is -2.13. The molecule has 10 aromatic rings. The molecule has 0 bridgehead atoms. The molecule has 0 N–H and O–H groups in total. The summed E-state index contributed by atoms with van der Waals surface area (Å²) >= 11 is 0. The van der Waals surface area contributed by atoms with Crippen LogP contribution in [0, 0.1) is 0 Å². The van der Waals surface area contributed by atoms with E-state index >= 15 is 0 Å². The van der Waals surface area contributed by atoms with Crippen LogP contribution in [0.1, 0.15) is 0 Å². The molecule has 5 heterocycles. The van der Waals surface area contributed by atoms with Crippen molar-refractivity contribution in [3.8, 4) is 73.5 Å². The SMILES string of the molecule is c1ccc(-c2cc(-c3ccccc3)nc(-c3ccc(-c4cc(-c5cccc(-n6c7ccccc7c7ccccc76)c5)cc(-c5ccccn5)n4)nc3)n2)cc1. The lowest BCUT2D eigenvalue weighted by Crippen LogP contribution is -1.98. The van der Waals surface area contributed by atoms with Crippen molar-refractivity contribution in [1.29, 1.82) is 0 Å². The molecule has 6 nitrogen and oxygen atoms in total. The van der Waals surface area contributed by atoms with Gasteiger partial charge in [-0.3, -0.25) is 9.97 Å². The molecular weight excluding hydrogens is 673 g/mol.